The average molecular weight is 378 g/mol. The molecule has 2 aliphatic rings. The van der Waals surface area contributed by atoms with E-state index < -0.39 is 17.1 Å². The lowest BCUT2D eigenvalue weighted by Gasteiger charge is -2.09. The summed E-state index contributed by atoms with van der Waals surface area (Å²) in [5.41, 5.74) is 4.01. The first-order valence-corrected chi connectivity index (χ1v) is 9.11. The largest absolute Gasteiger partial charge is 0.302 e. The number of aryl methyl sites for hydroxylation is 1. The van der Waals surface area contributed by atoms with E-state index >= 15 is 0 Å². The number of nitrogens with zero attached hydrogens (tertiary/aromatic N) is 2. The second-order valence-corrected chi connectivity index (χ2v) is 7.40. The molecule has 0 amide bonds. The molecular weight excluding hydrogens is 364 g/mol. The van der Waals surface area contributed by atoms with Gasteiger partial charge in [-0.2, -0.15) is 0 Å². The summed E-state index contributed by atoms with van der Waals surface area (Å²) in [4.78, 5) is 42.2. The van der Waals surface area contributed by atoms with Crippen molar-refractivity contribution >= 4 is 34.1 Å². The Kier molecular flexibility index (Phi) is 3.25. The highest BCUT2D eigenvalue weighted by Gasteiger charge is 2.42. The third-order valence-electron chi connectivity index (χ3n) is 5.43. The summed E-state index contributed by atoms with van der Waals surface area (Å²) in [6.07, 6.45) is 0.410. The molecule has 6 heteroatoms. The summed E-state index contributed by atoms with van der Waals surface area (Å²) in [6, 6.07) is 7.56. The highest BCUT2D eigenvalue weighted by Crippen LogP contribution is 2.37. The Bertz CT molecular complexity index is 1270. The molecule has 0 N–H and O–H groups in total. The molecule has 2 aromatic heterocycles. The summed E-state index contributed by atoms with van der Waals surface area (Å²) in [5.74, 6) is -0.857. The molecule has 0 saturated heterocycles. The van der Waals surface area contributed by atoms with Gasteiger partial charge in [0.15, 0.2) is 0 Å². The summed E-state index contributed by atoms with van der Waals surface area (Å²) in [7, 11) is 0. The normalized spacial score (nSPS) is 15.4. The Hall–Kier alpha value is -2.79. The van der Waals surface area contributed by atoms with E-state index in [4.69, 9.17) is 16.6 Å². The van der Waals surface area contributed by atoms with Crippen LogP contribution in [0.15, 0.2) is 29.1 Å². The quantitative estimate of drug-likeness (QED) is 0.476. The number of hydrogen-bond acceptors (Lipinski definition) is 4. The molecule has 1 aliphatic heterocycles. The van der Waals surface area contributed by atoms with Crippen LogP contribution in [0.4, 0.5) is 0 Å². The van der Waals surface area contributed by atoms with Crippen LogP contribution in [-0.2, 0) is 11.3 Å². The molecule has 27 heavy (non-hydrogen) atoms. The van der Waals surface area contributed by atoms with Gasteiger partial charge in [-0.3, -0.25) is 14.4 Å². The minimum Gasteiger partial charge on any atom is -0.302 e. The molecule has 0 bridgehead atoms. The Morgan fingerprint density at radius 1 is 1.11 bits per heavy atom. The number of ketones is 2. The van der Waals surface area contributed by atoms with Crippen molar-refractivity contribution in [1.29, 1.82) is 0 Å². The standard InChI is InChI=1S/C21H14ClN2O3/c1-3-12-13-6-16-18-11(5-10-4-9(2)14(22)7-15(10)23-18)8-24(16)21(27)17(13)20(26)19(12)25/h4-7H,3,8H2,1-2H3. The Labute approximate surface area is 159 Å². The molecule has 5 rings (SSSR count). The fourth-order valence-corrected chi connectivity index (χ4v) is 4.21. The highest BCUT2D eigenvalue weighted by atomic mass is 35.5. The summed E-state index contributed by atoms with van der Waals surface area (Å²) < 4.78 is 1.54. The number of carbonyl (C=O) groups is 2. The van der Waals surface area contributed by atoms with E-state index in [1.54, 1.807) is 6.07 Å². The number of hydrogen-bond donors (Lipinski definition) is 0. The molecule has 0 saturated carbocycles. The van der Waals surface area contributed by atoms with E-state index in [0.29, 0.717) is 40.9 Å². The van der Waals surface area contributed by atoms with Crippen LogP contribution in [0.2, 0.25) is 5.02 Å². The molecule has 0 atom stereocenters. The SMILES string of the molecule is CC[C]1C(=O)C(=O)c2c1cc1n(c2=O)Cc2cc3cc(C)c(Cl)cc3nc2-1. The van der Waals surface area contributed by atoms with E-state index in [-0.39, 0.29) is 5.56 Å². The van der Waals surface area contributed by atoms with Gasteiger partial charge < -0.3 is 4.57 Å². The van der Waals surface area contributed by atoms with Crippen LogP contribution in [-0.4, -0.2) is 21.1 Å². The van der Waals surface area contributed by atoms with Gasteiger partial charge in [-0.25, -0.2) is 4.98 Å². The van der Waals surface area contributed by atoms with Gasteiger partial charge in [-0.05, 0) is 48.7 Å². The lowest BCUT2D eigenvalue weighted by molar-refractivity contribution is -0.112. The predicted octanol–water partition coefficient (Wildman–Crippen LogP) is 3.49. The number of fused-ring (bicyclic) bond motifs is 5. The maximum Gasteiger partial charge on any atom is 0.263 e. The topological polar surface area (TPSA) is 69.0 Å². The van der Waals surface area contributed by atoms with Crippen LogP contribution < -0.4 is 5.56 Å². The van der Waals surface area contributed by atoms with Crippen LogP contribution in [0.25, 0.3) is 22.3 Å². The average Bonchev–Trinajstić information content (AvgIpc) is 3.10. The van der Waals surface area contributed by atoms with Gasteiger partial charge in [0.2, 0.25) is 11.6 Å². The summed E-state index contributed by atoms with van der Waals surface area (Å²) in [6.45, 7) is 4.08. The lowest BCUT2D eigenvalue weighted by atomic mass is 9.97. The Morgan fingerprint density at radius 2 is 1.89 bits per heavy atom. The van der Waals surface area contributed by atoms with Crippen molar-refractivity contribution in [3.05, 3.63) is 67.8 Å². The van der Waals surface area contributed by atoms with Crippen molar-refractivity contribution in [2.75, 3.05) is 0 Å². The zero-order valence-electron chi connectivity index (χ0n) is 14.7. The molecule has 3 aromatic rings. The highest BCUT2D eigenvalue weighted by molar-refractivity contribution is 6.52. The number of pyridine rings is 2. The van der Waals surface area contributed by atoms with Crippen molar-refractivity contribution in [1.82, 2.24) is 9.55 Å². The number of Topliss-reactive ketones (excluding diaryl/α,β-unsaturated/α-hetero) is 2. The van der Waals surface area contributed by atoms with E-state index in [9.17, 15) is 14.4 Å². The zero-order chi connectivity index (χ0) is 19.0. The van der Waals surface area contributed by atoms with Gasteiger partial charge in [0.1, 0.15) is 0 Å². The van der Waals surface area contributed by atoms with Gasteiger partial charge >= 0.3 is 0 Å². The molecule has 133 valence electrons. The van der Waals surface area contributed by atoms with Gasteiger partial charge in [-0.15, -0.1) is 0 Å². The Morgan fingerprint density at radius 3 is 2.63 bits per heavy atom. The smallest absolute Gasteiger partial charge is 0.263 e. The van der Waals surface area contributed by atoms with Crippen LogP contribution in [0, 0.1) is 12.8 Å². The van der Waals surface area contributed by atoms with Crippen molar-refractivity contribution in [3.8, 4) is 11.4 Å². The lowest BCUT2D eigenvalue weighted by Crippen LogP contribution is -2.26. The maximum absolute atomic E-state index is 13.0. The van der Waals surface area contributed by atoms with Gasteiger partial charge in [0.05, 0.1) is 34.9 Å². The summed E-state index contributed by atoms with van der Waals surface area (Å²) in [5, 5.41) is 1.59. The fourth-order valence-electron chi connectivity index (χ4n) is 4.05. The van der Waals surface area contributed by atoms with Gasteiger partial charge in [0.25, 0.3) is 5.56 Å². The van der Waals surface area contributed by atoms with Crippen LogP contribution >= 0.6 is 11.6 Å². The second-order valence-electron chi connectivity index (χ2n) is 6.99. The van der Waals surface area contributed by atoms with E-state index in [0.717, 1.165) is 22.0 Å². The first-order valence-electron chi connectivity index (χ1n) is 8.74. The van der Waals surface area contributed by atoms with Gasteiger partial charge in [0, 0.05) is 16.0 Å². The minimum atomic E-state index is -0.696. The van der Waals surface area contributed by atoms with Gasteiger partial charge in [-0.1, -0.05) is 18.5 Å². The van der Waals surface area contributed by atoms with Crippen molar-refractivity contribution < 1.29 is 9.59 Å². The molecular formula is C21H14ClN2O3. The number of halogens is 1. The minimum absolute atomic E-state index is 0.00292. The molecule has 0 unspecified atom stereocenters. The number of rotatable bonds is 1. The van der Waals surface area contributed by atoms with Crippen molar-refractivity contribution in [3.63, 3.8) is 0 Å². The zero-order valence-corrected chi connectivity index (χ0v) is 15.5. The molecule has 0 fully saturated rings. The number of carbonyl (C=O) groups excluding carboxylic acids is 2. The number of aromatic nitrogens is 2. The second kappa shape index (κ2) is 5.36. The van der Waals surface area contributed by atoms with E-state index in [2.05, 4.69) is 0 Å². The van der Waals surface area contributed by atoms with Crippen LogP contribution in [0.1, 0.15) is 40.4 Å². The van der Waals surface area contributed by atoms with Crippen LogP contribution in [0.5, 0.6) is 0 Å². The van der Waals surface area contributed by atoms with Crippen molar-refractivity contribution in [2.24, 2.45) is 0 Å². The number of benzene rings is 1. The Balaban J connectivity index is 1.80. The third kappa shape index (κ3) is 2.06. The monoisotopic (exact) mass is 377 g/mol. The maximum atomic E-state index is 13.0. The first-order chi connectivity index (χ1) is 12.9. The fraction of sp³-hybridized carbons (Fsp3) is 0.190. The molecule has 3 heterocycles. The van der Waals surface area contributed by atoms with E-state index in [1.807, 2.05) is 32.0 Å². The third-order valence-corrected chi connectivity index (χ3v) is 5.84. The first kappa shape index (κ1) is 16.4. The van der Waals surface area contributed by atoms with E-state index in [1.165, 1.54) is 4.57 Å². The molecule has 0 spiro atoms. The van der Waals surface area contributed by atoms with Crippen LogP contribution in [0.3, 0.4) is 0 Å². The molecule has 1 radical (unpaired) electrons. The predicted molar refractivity (Wildman–Crippen MR) is 102 cm³/mol. The van der Waals surface area contributed by atoms with Crippen molar-refractivity contribution in [2.45, 2.75) is 26.8 Å². The molecule has 1 aromatic carbocycles. The molecule has 5 nitrogen and oxygen atoms in total. The summed E-state index contributed by atoms with van der Waals surface area (Å²) >= 11 is 6.24. The molecule has 1 aliphatic carbocycles.